The molecule has 2 heterocycles. The first-order chi connectivity index (χ1) is 10.5. The van der Waals surface area contributed by atoms with Crippen LogP contribution in [0, 0.1) is 0 Å². The van der Waals surface area contributed by atoms with Crippen LogP contribution in [0.25, 0.3) is 10.1 Å². The lowest BCUT2D eigenvalue weighted by atomic mass is 10.1. The normalized spacial score (nSPS) is 20.6. The van der Waals surface area contributed by atoms with Gasteiger partial charge in [0.25, 0.3) is 0 Å². The smallest absolute Gasteiger partial charge is 0.243 e. The Kier molecular flexibility index (Phi) is 4.14. The molecule has 1 saturated heterocycles. The minimum Gasteiger partial charge on any atom is -0.350 e. The van der Waals surface area contributed by atoms with E-state index in [1.807, 2.05) is 19.9 Å². The van der Waals surface area contributed by atoms with Crippen LogP contribution in [0.5, 0.6) is 0 Å². The third-order valence-corrected chi connectivity index (χ3v) is 6.07. The van der Waals surface area contributed by atoms with Gasteiger partial charge in [-0.05, 0) is 48.4 Å². The third-order valence-electron chi connectivity index (χ3n) is 3.76. The van der Waals surface area contributed by atoms with Crippen LogP contribution in [-0.2, 0) is 16.1 Å². The molecule has 2 aromatic rings. The van der Waals surface area contributed by atoms with E-state index in [0.717, 1.165) is 5.56 Å². The van der Waals surface area contributed by atoms with Gasteiger partial charge in [-0.1, -0.05) is 6.07 Å². The fraction of sp³-hybridized carbons (Fsp3) is 0.375. The van der Waals surface area contributed by atoms with Crippen LogP contribution in [0.15, 0.2) is 29.6 Å². The molecule has 0 aliphatic carbocycles. The number of carbonyl (C=O) groups is 2. The molecule has 2 amide bonds. The number of amides is 2. The number of rotatable bonds is 3. The Morgan fingerprint density at radius 1 is 1.41 bits per heavy atom. The van der Waals surface area contributed by atoms with Crippen LogP contribution < -0.4 is 10.6 Å². The summed E-state index contributed by atoms with van der Waals surface area (Å²) < 4.78 is 0.786. The van der Waals surface area contributed by atoms with Gasteiger partial charge in [-0.3, -0.25) is 9.59 Å². The Bertz CT molecular complexity index is 724. The monoisotopic (exact) mass is 334 g/mol. The molecule has 1 atom stereocenters. The van der Waals surface area contributed by atoms with Crippen molar-refractivity contribution in [3.63, 3.8) is 0 Å². The summed E-state index contributed by atoms with van der Waals surface area (Å²) in [6.45, 7) is 4.22. The highest BCUT2D eigenvalue weighted by Gasteiger charge is 2.37. The molecule has 0 bridgehead atoms. The zero-order chi connectivity index (χ0) is 15.7. The molecular weight excluding hydrogens is 316 g/mol. The van der Waals surface area contributed by atoms with E-state index in [0.29, 0.717) is 12.3 Å². The summed E-state index contributed by atoms with van der Waals surface area (Å²) in [6.07, 6.45) is 0. The van der Waals surface area contributed by atoms with Crippen LogP contribution in [0.1, 0.15) is 19.4 Å². The summed E-state index contributed by atoms with van der Waals surface area (Å²) in [7, 11) is 0. The van der Waals surface area contributed by atoms with E-state index >= 15 is 0 Å². The van der Waals surface area contributed by atoms with Gasteiger partial charge in [-0.15, -0.1) is 23.1 Å². The average molecular weight is 334 g/mol. The SMILES string of the molecule is CC1(C)SC[C@H](C(=O)NCc2ccc3sccc3c2)NC1=O. The summed E-state index contributed by atoms with van der Waals surface area (Å²) >= 11 is 3.22. The Balaban J connectivity index is 1.59. The maximum atomic E-state index is 12.2. The van der Waals surface area contributed by atoms with Gasteiger partial charge >= 0.3 is 0 Å². The van der Waals surface area contributed by atoms with Crippen LogP contribution in [0.3, 0.4) is 0 Å². The van der Waals surface area contributed by atoms with Crippen molar-refractivity contribution in [3.05, 3.63) is 35.2 Å². The number of nitrogens with one attached hydrogen (secondary N) is 2. The summed E-state index contributed by atoms with van der Waals surface area (Å²) in [5, 5.41) is 8.96. The first-order valence-electron chi connectivity index (χ1n) is 7.14. The van der Waals surface area contributed by atoms with Crippen LogP contribution in [0.4, 0.5) is 0 Å². The van der Waals surface area contributed by atoms with Crippen molar-refractivity contribution in [1.82, 2.24) is 10.6 Å². The molecule has 4 nitrogen and oxygen atoms in total. The van der Waals surface area contributed by atoms with Gasteiger partial charge in [0, 0.05) is 17.0 Å². The van der Waals surface area contributed by atoms with Crippen molar-refractivity contribution in [2.45, 2.75) is 31.2 Å². The second-order valence-electron chi connectivity index (χ2n) is 5.86. The molecule has 22 heavy (non-hydrogen) atoms. The topological polar surface area (TPSA) is 58.2 Å². The molecule has 0 saturated carbocycles. The number of thiophene rings is 1. The van der Waals surface area contributed by atoms with Crippen molar-refractivity contribution in [3.8, 4) is 0 Å². The van der Waals surface area contributed by atoms with E-state index in [9.17, 15) is 9.59 Å². The Morgan fingerprint density at radius 2 is 2.23 bits per heavy atom. The van der Waals surface area contributed by atoms with Crippen molar-refractivity contribution in [2.75, 3.05) is 5.75 Å². The molecule has 0 radical (unpaired) electrons. The minimum absolute atomic E-state index is 0.0800. The lowest BCUT2D eigenvalue weighted by Crippen LogP contribution is -2.57. The molecular formula is C16H18N2O2S2. The summed E-state index contributed by atoms with van der Waals surface area (Å²) in [6, 6.07) is 7.81. The van der Waals surface area contributed by atoms with Crippen LogP contribution in [-0.4, -0.2) is 28.4 Å². The number of carbonyl (C=O) groups excluding carboxylic acids is 2. The summed E-state index contributed by atoms with van der Waals surface area (Å²) in [5.74, 6) is 0.402. The van der Waals surface area contributed by atoms with Gasteiger partial charge in [0.05, 0.1) is 4.75 Å². The number of thioether (sulfide) groups is 1. The molecule has 1 fully saturated rings. The molecule has 1 aliphatic rings. The van der Waals surface area contributed by atoms with E-state index in [2.05, 4.69) is 34.2 Å². The van der Waals surface area contributed by atoms with E-state index in [-0.39, 0.29) is 11.8 Å². The van der Waals surface area contributed by atoms with Gasteiger partial charge in [-0.25, -0.2) is 0 Å². The predicted octanol–water partition coefficient (Wildman–Crippen LogP) is 2.53. The van der Waals surface area contributed by atoms with Crippen molar-refractivity contribution in [1.29, 1.82) is 0 Å². The molecule has 1 aliphatic heterocycles. The summed E-state index contributed by atoms with van der Waals surface area (Å²) in [5.41, 5.74) is 1.06. The number of fused-ring (bicyclic) bond motifs is 1. The molecule has 0 spiro atoms. The highest BCUT2D eigenvalue weighted by molar-refractivity contribution is 8.01. The molecule has 6 heteroatoms. The second-order valence-corrected chi connectivity index (χ2v) is 8.45. The number of benzene rings is 1. The molecule has 116 valence electrons. The van der Waals surface area contributed by atoms with Crippen molar-refractivity contribution >= 4 is 45.0 Å². The highest BCUT2D eigenvalue weighted by atomic mass is 32.2. The lowest BCUT2D eigenvalue weighted by Gasteiger charge is -2.32. The molecule has 2 N–H and O–H groups in total. The fourth-order valence-corrected chi connectivity index (χ4v) is 4.09. The van der Waals surface area contributed by atoms with Crippen molar-refractivity contribution < 1.29 is 9.59 Å². The maximum absolute atomic E-state index is 12.2. The zero-order valence-corrected chi connectivity index (χ0v) is 14.1. The highest BCUT2D eigenvalue weighted by Crippen LogP contribution is 2.29. The van der Waals surface area contributed by atoms with Crippen LogP contribution >= 0.6 is 23.1 Å². The number of hydrogen-bond donors (Lipinski definition) is 2. The summed E-state index contributed by atoms with van der Waals surface area (Å²) in [4.78, 5) is 24.1. The molecule has 1 aromatic carbocycles. The first-order valence-corrected chi connectivity index (χ1v) is 9.01. The fourth-order valence-electron chi connectivity index (χ4n) is 2.31. The standard InChI is InChI=1S/C16H18N2O2S2/c1-16(2)15(20)18-12(9-22-16)14(19)17-8-10-3-4-13-11(7-10)5-6-21-13/h3-7,12H,8-9H2,1-2H3,(H,17,19)(H,18,20)/t12-/m1/s1. The minimum atomic E-state index is -0.458. The Hall–Kier alpha value is -1.53. The molecule has 1 aromatic heterocycles. The Labute approximate surface area is 137 Å². The second kappa shape index (κ2) is 5.93. The van der Waals surface area contributed by atoms with Gasteiger partial charge < -0.3 is 10.6 Å². The van der Waals surface area contributed by atoms with E-state index in [4.69, 9.17) is 0 Å². The molecule has 3 rings (SSSR count). The predicted molar refractivity (Wildman–Crippen MR) is 92.1 cm³/mol. The van der Waals surface area contributed by atoms with E-state index in [1.54, 1.807) is 11.3 Å². The average Bonchev–Trinajstić information content (AvgIpc) is 2.95. The van der Waals surface area contributed by atoms with Crippen molar-refractivity contribution in [2.24, 2.45) is 0 Å². The lowest BCUT2D eigenvalue weighted by molar-refractivity contribution is -0.129. The zero-order valence-electron chi connectivity index (χ0n) is 12.5. The largest absolute Gasteiger partial charge is 0.350 e. The van der Waals surface area contributed by atoms with Crippen LogP contribution in [0.2, 0.25) is 0 Å². The van der Waals surface area contributed by atoms with Gasteiger partial charge in [0.15, 0.2) is 0 Å². The van der Waals surface area contributed by atoms with Gasteiger partial charge in [-0.2, -0.15) is 0 Å². The first kappa shape index (κ1) is 15.4. The quantitative estimate of drug-likeness (QED) is 0.907. The third kappa shape index (κ3) is 3.13. The van der Waals surface area contributed by atoms with Gasteiger partial charge in [0.1, 0.15) is 6.04 Å². The van der Waals surface area contributed by atoms with E-state index in [1.165, 1.54) is 21.8 Å². The number of hydrogen-bond acceptors (Lipinski definition) is 4. The van der Waals surface area contributed by atoms with Gasteiger partial charge in [0.2, 0.25) is 11.8 Å². The maximum Gasteiger partial charge on any atom is 0.243 e. The Morgan fingerprint density at radius 3 is 3.00 bits per heavy atom. The van der Waals surface area contributed by atoms with E-state index < -0.39 is 10.8 Å². The molecule has 0 unspecified atom stereocenters.